The summed E-state index contributed by atoms with van der Waals surface area (Å²) in [5, 5.41) is 0.863. The van der Waals surface area contributed by atoms with Crippen molar-refractivity contribution in [3.8, 4) is 5.75 Å². The van der Waals surface area contributed by atoms with E-state index < -0.39 is 0 Å². The van der Waals surface area contributed by atoms with E-state index >= 15 is 0 Å². The maximum absolute atomic E-state index is 12.4. The number of ketones is 1. The van der Waals surface area contributed by atoms with Crippen LogP contribution in [0.2, 0.25) is 10.0 Å². The Morgan fingerprint density at radius 1 is 1.11 bits per heavy atom. The maximum Gasteiger partial charge on any atom is 0.194 e. The highest BCUT2D eigenvalue weighted by molar-refractivity contribution is 9.10. The minimum atomic E-state index is -0.179. The van der Waals surface area contributed by atoms with Crippen LogP contribution in [0.15, 0.2) is 40.9 Å². The molecule has 0 aliphatic carbocycles. The van der Waals surface area contributed by atoms with Crippen molar-refractivity contribution < 1.29 is 9.53 Å². The largest absolute Gasteiger partial charge is 0.495 e. The molecule has 0 radical (unpaired) electrons. The standard InChI is InChI=1S/C14H9BrCl2O2/c1-19-13-6-8(2-4-12(13)17)14(18)10-7-9(15)3-5-11(10)16/h2-7H,1H3. The van der Waals surface area contributed by atoms with Gasteiger partial charge in [-0.1, -0.05) is 39.1 Å². The van der Waals surface area contributed by atoms with Gasteiger partial charge >= 0.3 is 0 Å². The maximum atomic E-state index is 12.4. The van der Waals surface area contributed by atoms with Crippen LogP contribution in [0, 0.1) is 0 Å². The molecular weight excluding hydrogens is 351 g/mol. The average molecular weight is 360 g/mol. The van der Waals surface area contributed by atoms with Crippen LogP contribution in [-0.2, 0) is 0 Å². The van der Waals surface area contributed by atoms with E-state index in [-0.39, 0.29) is 5.78 Å². The van der Waals surface area contributed by atoms with E-state index in [0.29, 0.717) is 26.9 Å². The second-order valence-corrected chi connectivity index (χ2v) is 5.53. The molecule has 0 unspecified atom stereocenters. The molecule has 0 aromatic heterocycles. The van der Waals surface area contributed by atoms with Crippen molar-refractivity contribution in [2.75, 3.05) is 7.11 Å². The Morgan fingerprint density at radius 2 is 1.79 bits per heavy atom. The summed E-state index contributed by atoms with van der Waals surface area (Å²) in [6, 6.07) is 10.0. The van der Waals surface area contributed by atoms with Crippen LogP contribution in [0.25, 0.3) is 0 Å². The molecule has 0 saturated heterocycles. The molecule has 0 fully saturated rings. The molecule has 2 aromatic carbocycles. The van der Waals surface area contributed by atoms with Crippen LogP contribution in [0.1, 0.15) is 15.9 Å². The Labute approximate surface area is 129 Å². The molecule has 0 bridgehead atoms. The Balaban J connectivity index is 2.47. The average Bonchev–Trinajstić information content (AvgIpc) is 2.41. The Hall–Kier alpha value is -1.03. The van der Waals surface area contributed by atoms with Crippen LogP contribution < -0.4 is 4.74 Å². The van der Waals surface area contributed by atoms with E-state index in [2.05, 4.69) is 15.9 Å². The first-order valence-corrected chi connectivity index (χ1v) is 6.91. The summed E-state index contributed by atoms with van der Waals surface area (Å²) in [5.41, 5.74) is 0.904. The molecule has 2 aromatic rings. The Morgan fingerprint density at radius 3 is 2.47 bits per heavy atom. The minimum Gasteiger partial charge on any atom is -0.495 e. The number of methoxy groups -OCH3 is 1. The van der Waals surface area contributed by atoms with Gasteiger partial charge in [0, 0.05) is 15.6 Å². The highest BCUT2D eigenvalue weighted by Crippen LogP contribution is 2.28. The van der Waals surface area contributed by atoms with Crippen LogP contribution in [-0.4, -0.2) is 12.9 Å². The molecule has 0 atom stereocenters. The lowest BCUT2D eigenvalue weighted by atomic mass is 10.0. The van der Waals surface area contributed by atoms with E-state index in [9.17, 15) is 4.79 Å². The van der Waals surface area contributed by atoms with Crippen molar-refractivity contribution in [1.82, 2.24) is 0 Å². The summed E-state index contributed by atoms with van der Waals surface area (Å²) in [6.45, 7) is 0. The van der Waals surface area contributed by atoms with Crippen molar-refractivity contribution in [2.45, 2.75) is 0 Å². The zero-order chi connectivity index (χ0) is 14.0. The molecule has 2 nitrogen and oxygen atoms in total. The molecule has 98 valence electrons. The van der Waals surface area contributed by atoms with Crippen molar-refractivity contribution in [3.05, 3.63) is 62.0 Å². The molecule has 0 saturated carbocycles. The quantitative estimate of drug-likeness (QED) is 0.721. The van der Waals surface area contributed by atoms with Crippen LogP contribution in [0.5, 0.6) is 5.75 Å². The molecule has 0 N–H and O–H groups in total. The number of carbonyl (C=O) groups is 1. The second-order valence-electron chi connectivity index (χ2n) is 3.80. The number of benzene rings is 2. The zero-order valence-corrected chi connectivity index (χ0v) is 13.0. The number of hydrogen-bond donors (Lipinski definition) is 0. The first-order chi connectivity index (χ1) is 9.02. The summed E-state index contributed by atoms with van der Waals surface area (Å²) in [7, 11) is 1.50. The summed E-state index contributed by atoms with van der Waals surface area (Å²) in [6.07, 6.45) is 0. The van der Waals surface area contributed by atoms with Gasteiger partial charge < -0.3 is 4.74 Å². The fourth-order valence-corrected chi connectivity index (χ4v) is 2.39. The predicted molar refractivity (Wildman–Crippen MR) is 80.6 cm³/mol. The number of hydrogen-bond acceptors (Lipinski definition) is 2. The molecule has 19 heavy (non-hydrogen) atoms. The molecule has 0 aliphatic rings. The topological polar surface area (TPSA) is 26.3 Å². The Bertz CT molecular complexity index is 641. The van der Waals surface area contributed by atoms with Gasteiger partial charge in [0.05, 0.1) is 17.2 Å². The molecule has 0 heterocycles. The van der Waals surface area contributed by atoms with Crippen LogP contribution in [0.3, 0.4) is 0 Å². The fourth-order valence-electron chi connectivity index (χ4n) is 1.63. The van der Waals surface area contributed by atoms with Crippen molar-refractivity contribution in [2.24, 2.45) is 0 Å². The highest BCUT2D eigenvalue weighted by atomic mass is 79.9. The van der Waals surface area contributed by atoms with Gasteiger partial charge in [0.2, 0.25) is 0 Å². The molecule has 0 amide bonds. The van der Waals surface area contributed by atoms with Gasteiger partial charge in [0.25, 0.3) is 0 Å². The molecule has 0 aliphatic heterocycles. The molecular formula is C14H9BrCl2O2. The Kier molecular flexibility index (Phi) is 4.50. The first kappa shape index (κ1) is 14.4. The van der Waals surface area contributed by atoms with Crippen LogP contribution in [0.4, 0.5) is 0 Å². The predicted octanol–water partition coefficient (Wildman–Crippen LogP) is 5.00. The van der Waals surface area contributed by atoms with E-state index in [4.69, 9.17) is 27.9 Å². The van der Waals surface area contributed by atoms with Gasteiger partial charge in [-0.2, -0.15) is 0 Å². The zero-order valence-electron chi connectivity index (χ0n) is 9.91. The normalized spacial score (nSPS) is 10.3. The van der Waals surface area contributed by atoms with Crippen LogP contribution >= 0.6 is 39.1 Å². The number of ether oxygens (including phenoxy) is 1. The lowest BCUT2D eigenvalue weighted by Crippen LogP contribution is -2.02. The summed E-state index contributed by atoms with van der Waals surface area (Å²) in [4.78, 5) is 12.4. The van der Waals surface area contributed by atoms with Gasteiger partial charge in [-0.15, -0.1) is 0 Å². The number of rotatable bonds is 3. The number of carbonyl (C=O) groups excluding carboxylic acids is 1. The summed E-state index contributed by atoms with van der Waals surface area (Å²) >= 11 is 15.3. The number of halogens is 3. The van der Waals surface area contributed by atoms with Gasteiger partial charge in [0.15, 0.2) is 5.78 Å². The summed E-state index contributed by atoms with van der Waals surface area (Å²) in [5.74, 6) is 0.278. The SMILES string of the molecule is COc1cc(C(=O)c2cc(Br)ccc2Cl)ccc1Cl. The van der Waals surface area contributed by atoms with Gasteiger partial charge in [0.1, 0.15) is 5.75 Å². The second kappa shape index (κ2) is 5.95. The molecule has 5 heteroatoms. The van der Waals surface area contributed by atoms with Crippen molar-refractivity contribution in [1.29, 1.82) is 0 Å². The summed E-state index contributed by atoms with van der Waals surface area (Å²) < 4.78 is 5.89. The third-order valence-electron chi connectivity index (χ3n) is 2.59. The van der Waals surface area contributed by atoms with E-state index in [1.165, 1.54) is 7.11 Å². The molecule has 0 spiro atoms. The molecule has 2 rings (SSSR count). The van der Waals surface area contributed by atoms with Gasteiger partial charge in [-0.3, -0.25) is 4.79 Å². The van der Waals surface area contributed by atoms with Crippen molar-refractivity contribution >= 4 is 44.9 Å². The lowest BCUT2D eigenvalue weighted by Gasteiger charge is -2.07. The highest BCUT2D eigenvalue weighted by Gasteiger charge is 2.15. The third-order valence-corrected chi connectivity index (χ3v) is 3.72. The van der Waals surface area contributed by atoms with E-state index in [0.717, 1.165) is 4.47 Å². The third kappa shape index (κ3) is 3.11. The van der Waals surface area contributed by atoms with E-state index in [1.54, 1.807) is 36.4 Å². The van der Waals surface area contributed by atoms with Crippen molar-refractivity contribution in [3.63, 3.8) is 0 Å². The minimum absolute atomic E-state index is 0.179. The van der Waals surface area contributed by atoms with Gasteiger partial charge in [-0.05, 0) is 36.4 Å². The fraction of sp³-hybridized carbons (Fsp3) is 0.0714. The van der Waals surface area contributed by atoms with E-state index in [1.807, 2.05) is 0 Å². The smallest absolute Gasteiger partial charge is 0.194 e. The van der Waals surface area contributed by atoms with Gasteiger partial charge in [-0.25, -0.2) is 0 Å². The lowest BCUT2D eigenvalue weighted by molar-refractivity contribution is 0.103. The monoisotopic (exact) mass is 358 g/mol. The first-order valence-electron chi connectivity index (χ1n) is 5.36.